The number of carboxylic acid groups (broad SMARTS) is 1. The molecule has 8 heteroatoms. The summed E-state index contributed by atoms with van der Waals surface area (Å²) in [5.41, 5.74) is 0.809. The van der Waals surface area contributed by atoms with Gasteiger partial charge >= 0.3 is 11.9 Å². The van der Waals surface area contributed by atoms with Crippen molar-refractivity contribution in [2.45, 2.75) is 32.4 Å². The van der Waals surface area contributed by atoms with E-state index < -0.39 is 24.1 Å². The van der Waals surface area contributed by atoms with E-state index in [0.717, 1.165) is 0 Å². The molecular weight excluding hydrogens is 398 g/mol. The molecule has 29 heavy (non-hydrogen) atoms. The van der Waals surface area contributed by atoms with Crippen LogP contribution in [-0.4, -0.2) is 47.1 Å². The van der Waals surface area contributed by atoms with Crippen LogP contribution < -0.4 is 4.74 Å². The molecule has 154 valence electrons. The normalized spacial score (nSPS) is 13.4. The second kappa shape index (κ2) is 9.93. The number of esters is 1. The first-order valence-electron chi connectivity index (χ1n) is 8.91. The number of halogens is 1. The molecule has 0 spiro atoms. The highest BCUT2D eigenvalue weighted by Gasteiger charge is 2.30. The Hall–Kier alpha value is -3.06. The number of hydrogen-bond donors (Lipinski definition) is 2. The third-order valence-electron chi connectivity index (χ3n) is 4.19. The number of carbonyl (C=O) groups excluding carboxylic acids is 1. The Morgan fingerprint density at radius 2 is 1.83 bits per heavy atom. The van der Waals surface area contributed by atoms with Gasteiger partial charge in [-0.1, -0.05) is 30.7 Å². The summed E-state index contributed by atoms with van der Waals surface area (Å²) in [5.74, 6) is -2.21. The van der Waals surface area contributed by atoms with Crippen LogP contribution in [0.3, 0.4) is 0 Å². The van der Waals surface area contributed by atoms with Gasteiger partial charge in [0.2, 0.25) is 6.04 Å². The summed E-state index contributed by atoms with van der Waals surface area (Å²) in [5, 5.41) is 20.5. The second-order valence-electron chi connectivity index (χ2n) is 6.26. The number of hydrogen-bond acceptors (Lipinski definition) is 6. The van der Waals surface area contributed by atoms with Crippen molar-refractivity contribution in [2.75, 3.05) is 7.11 Å². The molecule has 0 amide bonds. The Bertz CT molecular complexity index is 910. The fourth-order valence-corrected chi connectivity index (χ4v) is 2.56. The lowest BCUT2D eigenvalue weighted by Gasteiger charge is -2.16. The van der Waals surface area contributed by atoms with E-state index in [1.807, 2.05) is 6.92 Å². The van der Waals surface area contributed by atoms with Gasteiger partial charge in [-0.2, -0.15) is 0 Å². The Kier molecular flexibility index (Phi) is 7.61. The molecule has 0 aliphatic heterocycles. The number of aliphatic carboxylic acids is 1. The van der Waals surface area contributed by atoms with Gasteiger partial charge in [-0.3, -0.25) is 4.99 Å². The number of phenols is 1. The number of benzene rings is 2. The van der Waals surface area contributed by atoms with Crippen molar-refractivity contribution in [3.63, 3.8) is 0 Å². The predicted octanol–water partition coefficient (Wildman–Crippen LogP) is 3.69. The molecule has 2 aromatic carbocycles. The summed E-state index contributed by atoms with van der Waals surface area (Å²) < 4.78 is 10.2. The molecule has 0 aliphatic carbocycles. The zero-order valence-corrected chi connectivity index (χ0v) is 17.0. The minimum atomic E-state index is -1.80. The van der Waals surface area contributed by atoms with E-state index in [1.165, 1.54) is 19.2 Å². The zero-order chi connectivity index (χ0) is 21.6. The number of aliphatic imine (C=N–C) groups is 1. The van der Waals surface area contributed by atoms with Gasteiger partial charge in [0.05, 0.1) is 18.9 Å². The number of aromatic hydroxyl groups is 1. The van der Waals surface area contributed by atoms with Gasteiger partial charge in [-0.05, 0) is 37.6 Å². The average Bonchev–Trinajstić information content (AvgIpc) is 2.69. The fourth-order valence-electron chi connectivity index (χ4n) is 2.43. The maximum atomic E-state index is 12.4. The van der Waals surface area contributed by atoms with Crippen molar-refractivity contribution < 1.29 is 29.3 Å². The monoisotopic (exact) mass is 419 g/mol. The average molecular weight is 420 g/mol. The third-order valence-corrected chi connectivity index (χ3v) is 4.44. The maximum Gasteiger partial charge on any atom is 0.342 e. The summed E-state index contributed by atoms with van der Waals surface area (Å²) in [7, 11) is 1.45. The van der Waals surface area contributed by atoms with Gasteiger partial charge in [0.1, 0.15) is 11.5 Å². The highest BCUT2D eigenvalue weighted by Crippen LogP contribution is 2.27. The van der Waals surface area contributed by atoms with Crippen LogP contribution in [0.5, 0.6) is 11.5 Å². The Morgan fingerprint density at radius 3 is 2.34 bits per heavy atom. The largest absolute Gasteiger partial charge is 0.507 e. The van der Waals surface area contributed by atoms with E-state index in [0.29, 0.717) is 22.8 Å². The lowest BCUT2D eigenvalue weighted by atomic mass is 10.0. The molecule has 0 fully saturated rings. The standard InChI is InChI=1S/C21H22ClNO6/c1-4-12(2)29-21(27)19(20(25)26)23-18(13-5-7-14(22)8-6-13)16-10-9-15(28-3)11-17(16)24/h5-12,19,24H,4H2,1-3H3,(H,25,26). The van der Waals surface area contributed by atoms with Crippen LogP contribution in [-0.2, 0) is 14.3 Å². The summed E-state index contributed by atoms with van der Waals surface area (Å²) >= 11 is 5.94. The predicted molar refractivity (Wildman–Crippen MR) is 109 cm³/mol. The van der Waals surface area contributed by atoms with Crippen LogP contribution in [0.15, 0.2) is 47.5 Å². The number of carbonyl (C=O) groups is 2. The van der Waals surface area contributed by atoms with Crippen LogP contribution in [0.25, 0.3) is 0 Å². The molecule has 0 bridgehead atoms. The van der Waals surface area contributed by atoms with Gasteiger partial charge in [-0.25, -0.2) is 9.59 Å². The molecular formula is C21H22ClNO6. The summed E-state index contributed by atoms with van der Waals surface area (Å²) in [6, 6.07) is 9.12. The Balaban J connectivity index is 2.60. The van der Waals surface area contributed by atoms with Crippen molar-refractivity contribution in [2.24, 2.45) is 4.99 Å². The smallest absolute Gasteiger partial charge is 0.342 e. The number of nitrogens with zero attached hydrogens (tertiary/aromatic N) is 1. The van der Waals surface area contributed by atoms with Gasteiger partial charge < -0.3 is 19.7 Å². The molecule has 7 nitrogen and oxygen atoms in total. The maximum absolute atomic E-state index is 12.4. The number of carboxylic acids is 1. The first kappa shape index (κ1) is 22.2. The Labute approximate surface area is 173 Å². The molecule has 0 aliphatic rings. The van der Waals surface area contributed by atoms with Crippen molar-refractivity contribution in [1.29, 1.82) is 0 Å². The van der Waals surface area contributed by atoms with E-state index in [-0.39, 0.29) is 17.0 Å². The van der Waals surface area contributed by atoms with Crippen LogP contribution in [0.1, 0.15) is 31.4 Å². The molecule has 2 rings (SSSR count). The minimum Gasteiger partial charge on any atom is -0.507 e. The first-order valence-corrected chi connectivity index (χ1v) is 9.29. The van der Waals surface area contributed by atoms with Crippen molar-refractivity contribution in [1.82, 2.24) is 0 Å². The summed E-state index contributed by atoms with van der Waals surface area (Å²) in [6.07, 6.45) is 0.0818. The number of phenolic OH excluding ortho intramolecular Hbond substituents is 1. The van der Waals surface area contributed by atoms with E-state index >= 15 is 0 Å². The topological polar surface area (TPSA) is 105 Å². The van der Waals surface area contributed by atoms with Crippen LogP contribution in [0, 0.1) is 0 Å². The van der Waals surface area contributed by atoms with Crippen molar-refractivity contribution in [3.05, 3.63) is 58.6 Å². The number of methoxy groups -OCH3 is 1. The van der Waals surface area contributed by atoms with Gasteiger partial charge in [0, 0.05) is 22.2 Å². The van der Waals surface area contributed by atoms with E-state index in [4.69, 9.17) is 21.1 Å². The second-order valence-corrected chi connectivity index (χ2v) is 6.70. The van der Waals surface area contributed by atoms with Crippen LogP contribution >= 0.6 is 11.6 Å². The molecule has 0 aromatic heterocycles. The quantitative estimate of drug-likeness (QED) is 0.384. The molecule has 2 unspecified atom stereocenters. The fraction of sp³-hybridized carbons (Fsp3) is 0.286. The molecule has 2 aromatic rings. The molecule has 2 N–H and O–H groups in total. The SMILES string of the molecule is CCC(C)OC(=O)C(N=C(c1ccc(Cl)cc1)c1ccc(OC)cc1O)C(=O)O. The van der Waals surface area contributed by atoms with Crippen LogP contribution in [0.2, 0.25) is 5.02 Å². The number of ether oxygens (including phenoxy) is 2. The lowest BCUT2D eigenvalue weighted by Crippen LogP contribution is -2.33. The molecule has 0 heterocycles. The highest BCUT2D eigenvalue weighted by molar-refractivity contribution is 6.30. The lowest BCUT2D eigenvalue weighted by molar-refractivity contribution is -0.156. The minimum absolute atomic E-state index is 0.107. The number of rotatable bonds is 8. The van der Waals surface area contributed by atoms with Crippen molar-refractivity contribution >= 4 is 29.3 Å². The van der Waals surface area contributed by atoms with Gasteiger partial charge in [0.15, 0.2) is 0 Å². The summed E-state index contributed by atoms with van der Waals surface area (Å²) in [6.45, 7) is 3.47. The highest BCUT2D eigenvalue weighted by atomic mass is 35.5. The van der Waals surface area contributed by atoms with Gasteiger partial charge in [0.25, 0.3) is 0 Å². The van der Waals surface area contributed by atoms with Gasteiger partial charge in [-0.15, -0.1) is 0 Å². The zero-order valence-electron chi connectivity index (χ0n) is 16.3. The summed E-state index contributed by atoms with van der Waals surface area (Å²) in [4.78, 5) is 28.3. The molecule has 2 atom stereocenters. The van der Waals surface area contributed by atoms with E-state index in [2.05, 4.69) is 4.99 Å². The first-order chi connectivity index (χ1) is 13.8. The van der Waals surface area contributed by atoms with E-state index in [9.17, 15) is 19.8 Å². The molecule has 0 saturated carbocycles. The molecule has 0 saturated heterocycles. The van der Waals surface area contributed by atoms with Crippen molar-refractivity contribution in [3.8, 4) is 11.5 Å². The Morgan fingerprint density at radius 1 is 1.17 bits per heavy atom. The molecule has 0 radical (unpaired) electrons. The van der Waals surface area contributed by atoms with E-state index in [1.54, 1.807) is 37.3 Å². The van der Waals surface area contributed by atoms with Crippen LogP contribution in [0.4, 0.5) is 0 Å². The third kappa shape index (κ3) is 5.71.